The van der Waals surface area contributed by atoms with E-state index in [0.29, 0.717) is 6.42 Å². The number of hydrogen-bond acceptors (Lipinski definition) is 2. The molecule has 2 N–H and O–H groups in total. The largest absolute Gasteiger partial charge is 0.396 e. The van der Waals surface area contributed by atoms with Crippen LogP contribution in [0.2, 0.25) is 0 Å². The summed E-state index contributed by atoms with van der Waals surface area (Å²) in [5, 5.41) is 11.7. The third kappa shape index (κ3) is 25.2. The molecule has 30 heavy (non-hydrogen) atoms. The van der Waals surface area contributed by atoms with E-state index in [1.165, 1.54) is 103 Å². The van der Waals surface area contributed by atoms with Crippen molar-refractivity contribution < 1.29 is 9.90 Å². The number of carbonyl (C=O) groups excluding carboxylic acids is 1. The van der Waals surface area contributed by atoms with Crippen LogP contribution in [0.1, 0.15) is 142 Å². The standard InChI is InChI=1S/C27H53NO2/c1-2-3-4-5-6-7-8-9-10-11-12-13-14-15-16-17-18-19-21-24-27(30)28-25-22-20-23-26-29/h9-10,29H,2-8,11-26H2,1H3,(H,28,30)/b10-9-. The molecule has 0 aromatic heterocycles. The van der Waals surface area contributed by atoms with E-state index >= 15 is 0 Å². The lowest BCUT2D eigenvalue weighted by atomic mass is 10.1. The fraction of sp³-hybridized carbons (Fsp3) is 0.889. The summed E-state index contributed by atoms with van der Waals surface area (Å²) in [6, 6.07) is 0. The van der Waals surface area contributed by atoms with Gasteiger partial charge in [-0.15, -0.1) is 0 Å². The van der Waals surface area contributed by atoms with Crippen LogP contribution in [0.15, 0.2) is 12.2 Å². The first kappa shape index (κ1) is 29.2. The van der Waals surface area contributed by atoms with Crippen LogP contribution in [0.5, 0.6) is 0 Å². The zero-order chi connectivity index (χ0) is 22.0. The predicted molar refractivity (Wildman–Crippen MR) is 132 cm³/mol. The fourth-order valence-corrected chi connectivity index (χ4v) is 3.79. The first-order chi connectivity index (χ1) is 14.8. The number of allylic oxidation sites excluding steroid dienone is 2. The van der Waals surface area contributed by atoms with Gasteiger partial charge in [0.2, 0.25) is 5.91 Å². The number of hydrogen-bond donors (Lipinski definition) is 2. The Morgan fingerprint density at radius 3 is 1.63 bits per heavy atom. The quantitative estimate of drug-likeness (QED) is 0.123. The maximum Gasteiger partial charge on any atom is 0.219 e. The molecule has 0 fully saturated rings. The zero-order valence-electron chi connectivity index (χ0n) is 20.3. The van der Waals surface area contributed by atoms with E-state index in [0.717, 1.165) is 32.2 Å². The summed E-state index contributed by atoms with van der Waals surface area (Å²) < 4.78 is 0. The van der Waals surface area contributed by atoms with Crippen molar-refractivity contribution in [2.24, 2.45) is 0 Å². The summed E-state index contributed by atoms with van der Waals surface area (Å²) >= 11 is 0. The minimum atomic E-state index is 0.194. The molecule has 0 atom stereocenters. The normalized spacial score (nSPS) is 11.4. The second kappa shape index (κ2) is 26.2. The molecule has 0 aliphatic carbocycles. The average Bonchev–Trinajstić information content (AvgIpc) is 2.75. The lowest BCUT2D eigenvalue weighted by molar-refractivity contribution is -0.121. The molecular formula is C27H53NO2. The molecule has 0 aliphatic heterocycles. The molecule has 0 aromatic carbocycles. The number of amides is 1. The molecular weight excluding hydrogens is 370 g/mol. The first-order valence-electron chi connectivity index (χ1n) is 13.3. The van der Waals surface area contributed by atoms with Crippen molar-refractivity contribution in [2.45, 2.75) is 142 Å². The van der Waals surface area contributed by atoms with Gasteiger partial charge in [0.1, 0.15) is 0 Å². The van der Waals surface area contributed by atoms with Crippen molar-refractivity contribution in [3.8, 4) is 0 Å². The van der Waals surface area contributed by atoms with Gasteiger partial charge in [0.15, 0.2) is 0 Å². The molecule has 3 heteroatoms. The predicted octanol–water partition coefficient (Wildman–Crippen LogP) is 7.86. The summed E-state index contributed by atoms with van der Waals surface area (Å²) in [5.74, 6) is 0.194. The van der Waals surface area contributed by atoms with Gasteiger partial charge in [0.25, 0.3) is 0 Å². The highest BCUT2D eigenvalue weighted by molar-refractivity contribution is 5.75. The third-order valence-corrected chi connectivity index (χ3v) is 5.82. The van der Waals surface area contributed by atoms with Crippen molar-refractivity contribution in [3.63, 3.8) is 0 Å². The smallest absolute Gasteiger partial charge is 0.219 e. The monoisotopic (exact) mass is 423 g/mol. The van der Waals surface area contributed by atoms with E-state index in [1.807, 2.05) is 0 Å². The molecule has 0 unspecified atom stereocenters. The number of rotatable bonds is 24. The second-order valence-corrected chi connectivity index (χ2v) is 8.88. The first-order valence-corrected chi connectivity index (χ1v) is 13.3. The van der Waals surface area contributed by atoms with E-state index in [2.05, 4.69) is 24.4 Å². The number of aliphatic hydroxyl groups is 1. The molecule has 0 radical (unpaired) electrons. The van der Waals surface area contributed by atoms with E-state index in [9.17, 15) is 4.79 Å². The molecule has 0 rings (SSSR count). The highest BCUT2D eigenvalue weighted by Crippen LogP contribution is 2.12. The number of carbonyl (C=O) groups is 1. The van der Waals surface area contributed by atoms with Gasteiger partial charge in [0, 0.05) is 19.6 Å². The van der Waals surface area contributed by atoms with Gasteiger partial charge in [-0.2, -0.15) is 0 Å². The van der Waals surface area contributed by atoms with E-state index < -0.39 is 0 Å². The Morgan fingerprint density at radius 2 is 1.10 bits per heavy atom. The highest BCUT2D eigenvalue weighted by Gasteiger charge is 2.00. The van der Waals surface area contributed by atoms with Crippen LogP contribution < -0.4 is 5.32 Å². The van der Waals surface area contributed by atoms with Gasteiger partial charge in [-0.1, -0.05) is 96.1 Å². The Hall–Kier alpha value is -0.830. The van der Waals surface area contributed by atoms with Crippen molar-refractivity contribution in [2.75, 3.05) is 13.2 Å². The van der Waals surface area contributed by atoms with Crippen LogP contribution in [-0.2, 0) is 4.79 Å². The molecule has 0 spiro atoms. The Balaban J connectivity index is 3.15. The topological polar surface area (TPSA) is 49.3 Å². The lowest BCUT2D eigenvalue weighted by Crippen LogP contribution is -2.24. The van der Waals surface area contributed by atoms with Crippen LogP contribution in [-0.4, -0.2) is 24.2 Å². The Kier molecular flexibility index (Phi) is 25.5. The molecule has 0 aromatic rings. The number of unbranched alkanes of at least 4 members (excludes halogenated alkanes) is 17. The van der Waals surface area contributed by atoms with Crippen LogP contribution in [0, 0.1) is 0 Å². The van der Waals surface area contributed by atoms with Crippen LogP contribution in [0.25, 0.3) is 0 Å². The molecule has 0 saturated heterocycles. The molecule has 0 heterocycles. The Morgan fingerprint density at radius 1 is 0.633 bits per heavy atom. The van der Waals surface area contributed by atoms with Gasteiger partial charge in [-0.25, -0.2) is 0 Å². The maximum absolute atomic E-state index is 11.7. The Bertz CT molecular complexity index is 368. The van der Waals surface area contributed by atoms with Gasteiger partial charge in [0.05, 0.1) is 0 Å². The van der Waals surface area contributed by atoms with Crippen molar-refractivity contribution in [1.29, 1.82) is 0 Å². The van der Waals surface area contributed by atoms with Crippen molar-refractivity contribution in [3.05, 3.63) is 12.2 Å². The van der Waals surface area contributed by atoms with Gasteiger partial charge < -0.3 is 10.4 Å². The van der Waals surface area contributed by atoms with Gasteiger partial charge in [-0.3, -0.25) is 4.79 Å². The summed E-state index contributed by atoms with van der Waals surface area (Å²) in [5.41, 5.74) is 0. The maximum atomic E-state index is 11.7. The van der Waals surface area contributed by atoms with Crippen molar-refractivity contribution in [1.82, 2.24) is 5.32 Å². The molecule has 178 valence electrons. The molecule has 0 saturated carbocycles. The minimum Gasteiger partial charge on any atom is -0.396 e. The average molecular weight is 424 g/mol. The SMILES string of the molecule is CCCCCCCC/C=C\CCCCCCCCCCCC(=O)NCCCCCO. The lowest BCUT2D eigenvalue weighted by Gasteiger charge is -2.05. The number of aliphatic hydroxyl groups excluding tert-OH is 1. The van der Waals surface area contributed by atoms with E-state index in [-0.39, 0.29) is 12.5 Å². The number of nitrogens with one attached hydrogen (secondary N) is 1. The van der Waals surface area contributed by atoms with Gasteiger partial charge in [-0.05, 0) is 51.4 Å². The van der Waals surface area contributed by atoms with Crippen LogP contribution >= 0.6 is 0 Å². The van der Waals surface area contributed by atoms with Crippen LogP contribution in [0.4, 0.5) is 0 Å². The molecule has 0 bridgehead atoms. The second-order valence-electron chi connectivity index (χ2n) is 8.88. The molecule has 1 amide bonds. The van der Waals surface area contributed by atoms with E-state index in [1.54, 1.807) is 0 Å². The molecule has 3 nitrogen and oxygen atoms in total. The van der Waals surface area contributed by atoms with Gasteiger partial charge >= 0.3 is 0 Å². The molecule has 0 aliphatic rings. The summed E-state index contributed by atoms with van der Waals surface area (Å²) in [4.78, 5) is 11.7. The third-order valence-electron chi connectivity index (χ3n) is 5.82. The minimum absolute atomic E-state index is 0.194. The summed E-state index contributed by atoms with van der Waals surface area (Å²) in [6.45, 7) is 3.29. The van der Waals surface area contributed by atoms with Crippen LogP contribution in [0.3, 0.4) is 0 Å². The zero-order valence-corrected chi connectivity index (χ0v) is 20.3. The summed E-state index contributed by atoms with van der Waals surface area (Å²) in [7, 11) is 0. The van der Waals surface area contributed by atoms with Crippen molar-refractivity contribution >= 4 is 5.91 Å². The van der Waals surface area contributed by atoms with E-state index in [4.69, 9.17) is 5.11 Å². The fourth-order valence-electron chi connectivity index (χ4n) is 3.79. The highest BCUT2D eigenvalue weighted by atomic mass is 16.2. The summed E-state index contributed by atoms with van der Waals surface area (Å²) in [6.07, 6.45) is 30.8. The Labute approximate surface area is 188 Å².